The highest BCUT2D eigenvalue weighted by Crippen LogP contribution is 2.26. The highest BCUT2D eigenvalue weighted by Gasteiger charge is 2.18. The number of carbonyl (C=O) groups excluding carboxylic acids is 1. The summed E-state index contributed by atoms with van der Waals surface area (Å²) in [6.07, 6.45) is -1.06. The predicted molar refractivity (Wildman–Crippen MR) is 89.0 cm³/mol. The molecule has 0 saturated carbocycles. The zero-order valence-corrected chi connectivity index (χ0v) is 13.6. The first-order valence-corrected chi connectivity index (χ1v) is 7.64. The van der Waals surface area contributed by atoms with Gasteiger partial charge in [-0.25, -0.2) is 0 Å². The molecule has 2 atom stereocenters. The molecule has 2 aromatic rings. The van der Waals surface area contributed by atoms with Crippen molar-refractivity contribution in [1.29, 1.82) is 5.26 Å². The van der Waals surface area contributed by atoms with Crippen LogP contribution in [0.25, 0.3) is 0 Å². The topological polar surface area (TPSA) is 73.1 Å². The normalized spacial score (nSPS) is 13.0. The molecule has 0 aliphatic heterocycles. The smallest absolute Gasteiger partial charge is 0.224 e. The summed E-state index contributed by atoms with van der Waals surface area (Å²) in [6, 6.07) is 14.7. The molecule has 23 heavy (non-hydrogen) atoms. The third-order valence-corrected chi connectivity index (χ3v) is 4.01. The van der Waals surface area contributed by atoms with Crippen LogP contribution in [0.2, 0.25) is 10.0 Å². The van der Waals surface area contributed by atoms with Gasteiger partial charge in [0.25, 0.3) is 0 Å². The van der Waals surface area contributed by atoms with Gasteiger partial charge in [0.05, 0.1) is 28.6 Å². The largest absolute Gasteiger partial charge is 0.388 e. The fourth-order valence-electron chi connectivity index (χ4n) is 2.07. The first kappa shape index (κ1) is 17.3. The van der Waals surface area contributed by atoms with Gasteiger partial charge in [-0.3, -0.25) is 4.79 Å². The van der Waals surface area contributed by atoms with Crippen LogP contribution in [0.3, 0.4) is 0 Å². The van der Waals surface area contributed by atoms with E-state index < -0.39 is 18.1 Å². The second kappa shape index (κ2) is 7.98. The van der Waals surface area contributed by atoms with Gasteiger partial charge in [0, 0.05) is 0 Å². The van der Waals surface area contributed by atoms with Crippen molar-refractivity contribution in [3.8, 4) is 6.07 Å². The monoisotopic (exact) mass is 348 g/mol. The summed E-state index contributed by atoms with van der Waals surface area (Å²) in [5, 5.41) is 22.5. The number of rotatable bonds is 5. The molecule has 2 rings (SSSR count). The summed E-state index contributed by atoms with van der Waals surface area (Å²) in [5.74, 6) is -0.432. The Balaban J connectivity index is 2.02. The number of amides is 1. The number of aliphatic hydroxyl groups excluding tert-OH is 1. The number of aliphatic hydroxyl groups is 1. The van der Waals surface area contributed by atoms with Crippen molar-refractivity contribution >= 4 is 29.1 Å². The molecule has 0 aliphatic rings. The molecule has 0 heterocycles. The summed E-state index contributed by atoms with van der Waals surface area (Å²) in [6.45, 7) is 0. The van der Waals surface area contributed by atoms with E-state index in [1.54, 1.807) is 36.4 Å². The van der Waals surface area contributed by atoms with Gasteiger partial charge in [-0.1, -0.05) is 59.6 Å². The fraction of sp³-hybridized carbons (Fsp3) is 0.176. The molecule has 118 valence electrons. The van der Waals surface area contributed by atoms with Crippen molar-refractivity contribution in [2.24, 2.45) is 0 Å². The number of benzene rings is 2. The van der Waals surface area contributed by atoms with E-state index >= 15 is 0 Å². The highest BCUT2D eigenvalue weighted by atomic mass is 35.5. The number of hydrogen-bond donors (Lipinski definition) is 2. The van der Waals surface area contributed by atoms with E-state index in [9.17, 15) is 15.2 Å². The van der Waals surface area contributed by atoms with Crippen molar-refractivity contribution < 1.29 is 9.90 Å². The summed E-state index contributed by atoms with van der Waals surface area (Å²) >= 11 is 11.8. The molecule has 4 nitrogen and oxygen atoms in total. The number of hydrogen-bond acceptors (Lipinski definition) is 3. The van der Waals surface area contributed by atoms with Crippen LogP contribution in [-0.4, -0.2) is 11.0 Å². The minimum absolute atomic E-state index is 0.135. The zero-order chi connectivity index (χ0) is 16.8. The molecular formula is C17H14Cl2N2O2. The zero-order valence-electron chi connectivity index (χ0n) is 12.0. The van der Waals surface area contributed by atoms with Crippen LogP contribution < -0.4 is 5.32 Å². The SMILES string of the molecule is N#CC(NC(=O)CC(O)c1ccccc1)c1ccc(Cl)c(Cl)c1. The van der Waals surface area contributed by atoms with Crippen molar-refractivity contribution in [2.75, 3.05) is 0 Å². The van der Waals surface area contributed by atoms with Crippen LogP contribution in [0.15, 0.2) is 48.5 Å². The predicted octanol–water partition coefficient (Wildman–Crippen LogP) is 3.80. The average Bonchev–Trinajstić information content (AvgIpc) is 2.56. The van der Waals surface area contributed by atoms with E-state index in [4.69, 9.17) is 23.2 Å². The Bertz CT molecular complexity index is 729. The maximum atomic E-state index is 12.0. The lowest BCUT2D eigenvalue weighted by molar-refractivity contribution is -0.123. The average molecular weight is 349 g/mol. The molecular weight excluding hydrogens is 335 g/mol. The van der Waals surface area contributed by atoms with Crippen molar-refractivity contribution in [3.63, 3.8) is 0 Å². The molecule has 0 radical (unpaired) electrons. The van der Waals surface area contributed by atoms with Crippen molar-refractivity contribution in [2.45, 2.75) is 18.6 Å². The first-order chi connectivity index (χ1) is 11.0. The summed E-state index contributed by atoms with van der Waals surface area (Å²) in [4.78, 5) is 12.0. The van der Waals surface area contributed by atoms with Gasteiger partial charge in [0.1, 0.15) is 6.04 Å². The van der Waals surface area contributed by atoms with E-state index in [2.05, 4.69) is 5.32 Å². The fourth-order valence-corrected chi connectivity index (χ4v) is 2.38. The van der Waals surface area contributed by atoms with Gasteiger partial charge in [-0.2, -0.15) is 5.26 Å². The molecule has 2 unspecified atom stereocenters. The molecule has 0 aliphatic carbocycles. The minimum Gasteiger partial charge on any atom is -0.388 e. The Hall–Kier alpha value is -2.06. The third kappa shape index (κ3) is 4.70. The Labute approximate surface area is 144 Å². The maximum absolute atomic E-state index is 12.0. The molecule has 0 spiro atoms. The van der Waals surface area contributed by atoms with Crippen molar-refractivity contribution in [1.82, 2.24) is 5.32 Å². The van der Waals surface area contributed by atoms with Gasteiger partial charge < -0.3 is 10.4 Å². The number of nitrogens with zero attached hydrogens (tertiary/aromatic N) is 1. The molecule has 1 amide bonds. The van der Waals surface area contributed by atoms with Gasteiger partial charge in [0.15, 0.2) is 0 Å². The molecule has 0 bridgehead atoms. The lowest BCUT2D eigenvalue weighted by atomic mass is 10.0. The Morgan fingerprint density at radius 1 is 1.13 bits per heavy atom. The Kier molecular flexibility index (Phi) is 6.00. The van der Waals surface area contributed by atoms with Crippen LogP contribution in [-0.2, 0) is 4.79 Å². The summed E-state index contributed by atoms with van der Waals surface area (Å²) in [5.41, 5.74) is 1.18. The van der Waals surface area contributed by atoms with Gasteiger partial charge in [-0.05, 0) is 23.3 Å². The number of halogens is 2. The Morgan fingerprint density at radius 3 is 2.43 bits per heavy atom. The second-order valence-electron chi connectivity index (χ2n) is 4.93. The summed E-state index contributed by atoms with van der Waals surface area (Å²) in [7, 11) is 0. The lowest BCUT2D eigenvalue weighted by Crippen LogP contribution is -2.28. The third-order valence-electron chi connectivity index (χ3n) is 3.27. The lowest BCUT2D eigenvalue weighted by Gasteiger charge is -2.15. The quantitative estimate of drug-likeness (QED) is 0.862. The number of nitriles is 1. The van der Waals surface area contributed by atoms with E-state index in [1.807, 2.05) is 12.1 Å². The number of nitrogens with one attached hydrogen (secondary N) is 1. The Morgan fingerprint density at radius 2 is 1.83 bits per heavy atom. The minimum atomic E-state index is -0.927. The molecule has 0 fully saturated rings. The van der Waals surface area contributed by atoms with Crippen LogP contribution in [0.4, 0.5) is 0 Å². The first-order valence-electron chi connectivity index (χ1n) is 6.88. The van der Waals surface area contributed by atoms with Crippen LogP contribution in [0.1, 0.15) is 29.7 Å². The van der Waals surface area contributed by atoms with E-state index in [0.29, 0.717) is 21.2 Å². The molecule has 2 N–H and O–H groups in total. The highest BCUT2D eigenvalue weighted by molar-refractivity contribution is 6.42. The second-order valence-corrected chi connectivity index (χ2v) is 5.75. The van der Waals surface area contributed by atoms with Gasteiger partial charge >= 0.3 is 0 Å². The van der Waals surface area contributed by atoms with E-state index in [-0.39, 0.29) is 6.42 Å². The molecule has 6 heteroatoms. The van der Waals surface area contributed by atoms with Crippen LogP contribution >= 0.6 is 23.2 Å². The van der Waals surface area contributed by atoms with E-state index in [1.165, 1.54) is 6.07 Å². The van der Waals surface area contributed by atoms with Gasteiger partial charge in [-0.15, -0.1) is 0 Å². The molecule has 0 aromatic heterocycles. The van der Waals surface area contributed by atoms with E-state index in [0.717, 1.165) is 0 Å². The van der Waals surface area contributed by atoms with Gasteiger partial charge in [0.2, 0.25) is 5.91 Å². The molecule has 2 aromatic carbocycles. The standard InChI is InChI=1S/C17H14Cl2N2O2/c18-13-7-6-12(8-14(13)19)15(10-20)21-17(23)9-16(22)11-4-2-1-3-5-11/h1-8,15-16,22H,9H2,(H,21,23). The molecule has 0 saturated heterocycles. The maximum Gasteiger partial charge on any atom is 0.224 e. The van der Waals surface area contributed by atoms with Crippen LogP contribution in [0, 0.1) is 11.3 Å². The van der Waals surface area contributed by atoms with Crippen molar-refractivity contribution in [3.05, 3.63) is 69.7 Å². The number of carbonyl (C=O) groups is 1. The van der Waals surface area contributed by atoms with Crippen LogP contribution in [0.5, 0.6) is 0 Å². The summed E-state index contributed by atoms with van der Waals surface area (Å²) < 4.78 is 0.